The van der Waals surface area contributed by atoms with Crippen molar-refractivity contribution in [1.82, 2.24) is 4.90 Å². The number of aryl methyl sites for hydroxylation is 1. The highest BCUT2D eigenvalue weighted by molar-refractivity contribution is 5.69. The molecule has 0 atom stereocenters. The monoisotopic (exact) mass is 237 g/mol. The number of hydrogen-bond acceptors (Lipinski definition) is 3. The maximum Gasteiger partial charge on any atom is 0.317 e. The van der Waals surface area contributed by atoms with Gasteiger partial charge in [0, 0.05) is 6.54 Å². The van der Waals surface area contributed by atoms with E-state index >= 15 is 0 Å². The second-order valence-electron chi connectivity index (χ2n) is 3.92. The Morgan fingerprint density at radius 3 is 2.53 bits per heavy atom. The number of hydrogen-bond donors (Lipinski definition) is 1. The predicted molar refractivity (Wildman–Crippen MR) is 66.4 cm³/mol. The summed E-state index contributed by atoms with van der Waals surface area (Å²) in [5.74, 6) is 0.0177. The molecule has 0 amide bonds. The summed E-state index contributed by atoms with van der Waals surface area (Å²) in [6.45, 7) is 5.86. The zero-order valence-corrected chi connectivity index (χ0v) is 10.3. The Morgan fingerprint density at radius 1 is 1.35 bits per heavy atom. The van der Waals surface area contributed by atoms with Gasteiger partial charge >= 0.3 is 5.97 Å². The fraction of sp³-hybridized carbons (Fsp3) is 0.462. The number of carboxylic acids is 1. The van der Waals surface area contributed by atoms with Crippen molar-refractivity contribution in [3.63, 3.8) is 0 Å². The summed E-state index contributed by atoms with van der Waals surface area (Å²) < 4.78 is 5.54. The number of carboxylic acid groups (broad SMARTS) is 1. The molecule has 0 aromatic heterocycles. The van der Waals surface area contributed by atoms with Crippen molar-refractivity contribution in [3.8, 4) is 5.75 Å². The molecule has 0 radical (unpaired) electrons. The molecule has 0 fully saturated rings. The molecule has 0 spiro atoms. The Kier molecular flexibility index (Phi) is 5.49. The summed E-state index contributed by atoms with van der Waals surface area (Å²) in [5, 5.41) is 8.68. The lowest BCUT2D eigenvalue weighted by Crippen LogP contribution is -2.33. The van der Waals surface area contributed by atoms with E-state index in [0.29, 0.717) is 19.7 Å². The Hall–Kier alpha value is -1.55. The first-order valence-corrected chi connectivity index (χ1v) is 5.75. The standard InChI is InChI=1S/C13H19NO3/c1-3-14(10-13(15)16)8-9-17-12-6-4-11(2)5-7-12/h4-7H,3,8-10H2,1-2H3,(H,15,16). The van der Waals surface area contributed by atoms with E-state index in [9.17, 15) is 4.79 Å². The molecular formula is C13H19NO3. The van der Waals surface area contributed by atoms with Crippen LogP contribution in [0, 0.1) is 6.92 Å². The number of rotatable bonds is 7. The third-order valence-corrected chi connectivity index (χ3v) is 2.50. The number of carbonyl (C=O) groups is 1. The average molecular weight is 237 g/mol. The van der Waals surface area contributed by atoms with Crippen molar-refractivity contribution in [1.29, 1.82) is 0 Å². The molecule has 1 aromatic carbocycles. The van der Waals surface area contributed by atoms with Gasteiger partial charge in [0.1, 0.15) is 12.4 Å². The molecule has 1 N–H and O–H groups in total. The Balaban J connectivity index is 2.30. The number of benzene rings is 1. The van der Waals surface area contributed by atoms with Crippen LogP contribution in [0.1, 0.15) is 12.5 Å². The van der Waals surface area contributed by atoms with Gasteiger partial charge in [-0.15, -0.1) is 0 Å². The summed E-state index contributed by atoms with van der Waals surface area (Å²) in [5.41, 5.74) is 1.19. The SMILES string of the molecule is CCN(CCOc1ccc(C)cc1)CC(=O)O. The number of ether oxygens (including phenoxy) is 1. The average Bonchev–Trinajstić information content (AvgIpc) is 2.30. The third-order valence-electron chi connectivity index (χ3n) is 2.50. The van der Waals surface area contributed by atoms with E-state index in [1.165, 1.54) is 5.56 Å². The van der Waals surface area contributed by atoms with Crippen molar-refractivity contribution in [2.75, 3.05) is 26.2 Å². The van der Waals surface area contributed by atoms with Gasteiger partial charge in [0.05, 0.1) is 6.54 Å². The highest BCUT2D eigenvalue weighted by Gasteiger charge is 2.06. The summed E-state index contributed by atoms with van der Waals surface area (Å²) in [4.78, 5) is 12.4. The molecule has 0 bridgehead atoms. The van der Waals surface area contributed by atoms with Crippen molar-refractivity contribution >= 4 is 5.97 Å². The third kappa shape index (κ3) is 5.36. The highest BCUT2D eigenvalue weighted by atomic mass is 16.5. The van der Waals surface area contributed by atoms with E-state index in [4.69, 9.17) is 9.84 Å². The summed E-state index contributed by atoms with van der Waals surface area (Å²) in [6.07, 6.45) is 0. The predicted octanol–water partition coefficient (Wildman–Crippen LogP) is 1.78. The minimum absolute atomic E-state index is 0.0633. The van der Waals surface area contributed by atoms with Crippen LogP contribution in [0.25, 0.3) is 0 Å². The second-order valence-corrected chi connectivity index (χ2v) is 3.92. The molecular weight excluding hydrogens is 218 g/mol. The van der Waals surface area contributed by atoms with Crippen molar-refractivity contribution in [2.24, 2.45) is 0 Å². The van der Waals surface area contributed by atoms with Crippen LogP contribution in [0.2, 0.25) is 0 Å². The number of aliphatic carboxylic acids is 1. The number of nitrogens with zero attached hydrogens (tertiary/aromatic N) is 1. The van der Waals surface area contributed by atoms with Crippen molar-refractivity contribution in [2.45, 2.75) is 13.8 Å². The fourth-order valence-electron chi connectivity index (χ4n) is 1.47. The van der Waals surface area contributed by atoms with E-state index in [1.54, 1.807) is 0 Å². The molecule has 0 aliphatic rings. The molecule has 94 valence electrons. The summed E-state index contributed by atoms with van der Waals surface area (Å²) in [6, 6.07) is 7.82. The van der Waals surface area contributed by atoms with Crippen LogP contribution in [-0.4, -0.2) is 42.2 Å². The largest absolute Gasteiger partial charge is 0.492 e. The molecule has 1 rings (SSSR count). The molecule has 1 aromatic rings. The summed E-state index contributed by atoms with van der Waals surface area (Å²) in [7, 11) is 0. The van der Waals surface area contributed by atoms with Gasteiger partial charge in [-0.25, -0.2) is 0 Å². The van der Waals surface area contributed by atoms with E-state index in [2.05, 4.69) is 0 Å². The normalized spacial score (nSPS) is 10.5. The van der Waals surface area contributed by atoms with Gasteiger partial charge in [-0.1, -0.05) is 24.6 Å². The molecule has 0 unspecified atom stereocenters. The molecule has 0 saturated carbocycles. The first kappa shape index (κ1) is 13.5. The first-order chi connectivity index (χ1) is 8.11. The highest BCUT2D eigenvalue weighted by Crippen LogP contribution is 2.11. The zero-order valence-electron chi connectivity index (χ0n) is 10.3. The van der Waals surface area contributed by atoms with Crippen molar-refractivity contribution < 1.29 is 14.6 Å². The second kappa shape index (κ2) is 6.91. The Bertz CT molecular complexity index is 348. The van der Waals surface area contributed by atoms with Crippen LogP contribution in [-0.2, 0) is 4.79 Å². The maximum absolute atomic E-state index is 10.6. The Morgan fingerprint density at radius 2 is 2.00 bits per heavy atom. The van der Waals surface area contributed by atoms with Crippen LogP contribution in [0.4, 0.5) is 0 Å². The summed E-state index contributed by atoms with van der Waals surface area (Å²) >= 11 is 0. The quantitative estimate of drug-likeness (QED) is 0.785. The van der Waals surface area contributed by atoms with Crippen LogP contribution in [0.5, 0.6) is 5.75 Å². The van der Waals surface area contributed by atoms with Gasteiger partial charge in [-0.3, -0.25) is 9.69 Å². The van der Waals surface area contributed by atoms with Gasteiger partial charge in [-0.05, 0) is 25.6 Å². The van der Waals surface area contributed by atoms with Crippen LogP contribution in [0.15, 0.2) is 24.3 Å². The van der Waals surface area contributed by atoms with Gasteiger partial charge in [0.25, 0.3) is 0 Å². The van der Waals surface area contributed by atoms with E-state index in [0.717, 1.165) is 5.75 Å². The molecule has 0 aliphatic heterocycles. The smallest absolute Gasteiger partial charge is 0.317 e. The van der Waals surface area contributed by atoms with Crippen LogP contribution in [0.3, 0.4) is 0 Å². The first-order valence-electron chi connectivity index (χ1n) is 5.75. The molecule has 0 saturated heterocycles. The van der Waals surface area contributed by atoms with E-state index in [-0.39, 0.29) is 6.54 Å². The van der Waals surface area contributed by atoms with Crippen LogP contribution < -0.4 is 4.74 Å². The molecule has 0 heterocycles. The minimum atomic E-state index is -0.804. The van der Waals surface area contributed by atoms with Crippen LogP contribution >= 0.6 is 0 Å². The van der Waals surface area contributed by atoms with Gasteiger partial charge in [0.15, 0.2) is 0 Å². The van der Waals surface area contributed by atoms with Gasteiger partial charge < -0.3 is 9.84 Å². The zero-order chi connectivity index (χ0) is 12.7. The minimum Gasteiger partial charge on any atom is -0.492 e. The van der Waals surface area contributed by atoms with E-state index in [1.807, 2.05) is 43.0 Å². The lowest BCUT2D eigenvalue weighted by atomic mass is 10.2. The molecule has 0 aliphatic carbocycles. The molecule has 17 heavy (non-hydrogen) atoms. The maximum atomic E-state index is 10.6. The van der Waals surface area contributed by atoms with Crippen molar-refractivity contribution in [3.05, 3.63) is 29.8 Å². The molecule has 4 heteroatoms. The molecule has 4 nitrogen and oxygen atoms in total. The van der Waals surface area contributed by atoms with Gasteiger partial charge in [-0.2, -0.15) is 0 Å². The van der Waals surface area contributed by atoms with Gasteiger partial charge in [0.2, 0.25) is 0 Å². The Labute approximate surface area is 102 Å². The number of likely N-dealkylation sites (N-methyl/N-ethyl adjacent to an activating group) is 1. The lowest BCUT2D eigenvalue weighted by Gasteiger charge is -2.18. The van der Waals surface area contributed by atoms with E-state index < -0.39 is 5.97 Å². The topological polar surface area (TPSA) is 49.8 Å². The fourth-order valence-corrected chi connectivity index (χ4v) is 1.47. The lowest BCUT2D eigenvalue weighted by molar-refractivity contribution is -0.138.